The number of amides is 3. The molecule has 6 heteroatoms. The van der Waals surface area contributed by atoms with Crippen molar-refractivity contribution >= 4 is 17.7 Å². The second-order valence-corrected chi connectivity index (χ2v) is 7.45. The molecule has 0 saturated carbocycles. The largest absolute Gasteiger partial charge is 0.355 e. The fourth-order valence-corrected chi connectivity index (χ4v) is 3.59. The zero-order valence-corrected chi connectivity index (χ0v) is 16.8. The van der Waals surface area contributed by atoms with Crippen molar-refractivity contribution in [3.8, 4) is 0 Å². The van der Waals surface area contributed by atoms with Crippen LogP contribution in [0.4, 0.5) is 0 Å². The first-order chi connectivity index (χ1) is 13.6. The summed E-state index contributed by atoms with van der Waals surface area (Å²) in [5.41, 5.74) is 0.534. The monoisotopic (exact) mass is 388 g/mol. The maximum atomic E-state index is 12.5. The van der Waals surface area contributed by atoms with E-state index in [4.69, 9.17) is 0 Å². The van der Waals surface area contributed by atoms with Crippen LogP contribution in [0.25, 0.3) is 0 Å². The van der Waals surface area contributed by atoms with Crippen molar-refractivity contribution in [3.05, 3.63) is 35.4 Å². The Hall–Kier alpha value is -2.21. The average molecular weight is 389 g/mol. The number of carbonyl (C=O) groups excluding carboxylic acids is 3. The highest BCUT2D eigenvalue weighted by atomic mass is 16.5. The van der Waals surface area contributed by atoms with Crippen molar-refractivity contribution < 1.29 is 19.6 Å². The van der Waals surface area contributed by atoms with Crippen LogP contribution < -0.4 is 5.32 Å². The van der Waals surface area contributed by atoms with Gasteiger partial charge in [-0.05, 0) is 18.1 Å². The summed E-state index contributed by atoms with van der Waals surface area (Å²) in [5, 5.41) is 12.6. The summed E-state index contributed by atoms with van der Waals surface area (Å²) in [6.07, 6.45) is 12.1. The molecule has 1 atom stereocenters. The molecule has 6 nitrogen and oxygen atoms in total. The van der Waals surface area contributed by atoms with Gasteiger partial charge in [0.2, 0.25) is 5.91 Å². The first-order valence-corrected chi connectivity index (χ1v) is 10.5. The molecule has 0 saturated heterocycles. The number of rotatable bonds is 12. The van der Waals surface area contributed by atoms with Crippen LogP contribution in [-0.2, 0) is 9.59 Å². The number of imide groups is 1. The van der Waals surface area contributed by atoms with E-state index in [2.05, 4.69) is 12.2 Å². The van der Waals surface area contributed by atoms with Gasteiger partial charge in [0.25, 0.3) is 11.8 Å². The highest BCUT2D eigenvalue weighted by molar-refractivity contribution is 6.18. The molecular formula is C22H32N2O4. The number of unbranched alkanes of at least 4 members (excludes halogenated alkanes) is 9. The van der Waals surface area contributed by atoms with E-state index in [0.29, 0.717) is 12.1 Å². The van der Waals surface area contributed by atoms with Gasteiger partial charge >= 0.3 is 0 Å². The summed E-state index contributed by atoms with van der Waals surface area (Å²) in [4.78, 5) is 36.7. The number of nitrogens with zero attached hydrogens (tertiary/aromatic N) is 1. The molecule has 1 aromatic rings. The van der Waals surface area contributed by atoms with Crippen molar-refractivity contribution in [1.29, 1.82) is 0 Å². The van der Waals surface area contributed by atoms with E-state index in [1.807, 2.05) is 0 Å². The van der Waals surface area contributed by atoms with Crippen molar-refractivity contribution in [2.24, 2.45) is 0 Å². The summed E-state index contributed by atoms with van der Waals surface area (Å²) < 4.78 is 0. The zero-order valence-electron chi connectivity index (χ0n) is 16.8. The van der Waals surface area contributed by atoms with Crippen molar-refractivity contribution in [1.82, 2.24) is 10.4 Å². The Labute approximate surface area is 167 Å². The first kappa shape index (κ1) is 22.1. The molecule has 0 bridgehead atoms. The van der Waals surface area contributed by atoms with Gasteiger partial charge in [-0.2, -0.15) is 5.06 Å². The zero-order chi connectivity index (χ0) is 20.4. The van der Waals surface area contributed by atoms with Crippen LogP contribution in [0.5, 0.6) is 0 Å². The Bertz CT molecular complexity index is 674. The fourth-order valence-electron chi connectivity index (χ4n) is 3.59. The summed E-state index contributed by atoms with van der Waals surface area (Å²) >= 11 is 0. The number of hydrogen-bond acceptors (Lipinski definition) is 4. The Morgan fingerprint density at radius 3 is 2.18 bits per heavy atom. The summed E-state index contributed by atoms with van der Waals surface area (Å²) in [7, 11) is 0. The van der Waals surface area contributed by atoms with Crippen molar-refractivity contribution in [2.45, 2.75) is 77.0 Å². The SMILES string of the molecule is CCCCCCCCCCCCNC(=O)C1C(=O)N(O)C(=O)c2ccccc21. The summed E-state index contributed by atoms with van der Waals surface area (Å²) in [6, 6.07) is 6.41. The normalized spacial score (nSPS) is 16.2. The molecule has 1 aliphatic rings. The van der Waals surface area contributed by atoms with Crippen LogP contribution in [0.3, 0.4) is 0 Å². The van der Waals surface area contributed by atoms with E-state index >= 15 is 0 Å². The summed E-state index contributed by atoms with van der Waals surface area (Å²) in [6.45, 7) is 2.71. The molecule has 1 unspecified atom stereocenters. The number of hydroxylamine groups is 2. The molecule has 2 N–H and O–H groups in total. The quantitative estimate of drug-likeness (QED) is 0.243. The van der Waals surface area contributed by atoms with Gasteiger partial charge in [-0.25, -0.2) is 0 Å². The number of nitrogens with one attached hydrogen (secondary N) is 1. The molecule has 1 heterocycles. The lowest BCUT2D eigenvalue weighted by Gasteiger charge is -2.27. The van der Waals surface area contributed by atoms with Gasteiger partial charge in [-0.3, -0.25) is 19.6 Å². The molecule has 28 heavy (non-hydrogen) atoms. The van der Waals surface area contributed by atoms with Crippen LogP contribution in [0, 0.1) is 0 Å². The highest BCUT2D eigenvalue weighted by Crippen LogP contribution is 2.28. The average Bonchev–Trinajstić information content (AvgIpc) is 2.70. The van der Waals surface area contributed by atoms with Crippen LogP contribution in [0.15, 0.2) is 24.3 Å². The van der Waals surface area contributed by atoms with Crippen LogP contribution in [0.1, 0.15) is 93.0 Å². The maximum absolute atomic E-state index is 12.5. The Morgan fingerprint density at radius 1 is 0.964 bits per heavy atom. The minimum absolute atomic E-state index is 0.0487. The maximum Gasteiger partial charge on any atom is 0.284 e. The van der Waals surface area contributed by atoms with Gasteiger partial charge in [-0.15, -0.1) is 0 Å². The van der Waals surface area contributed by atoms with E-state index in [-0.39, 0.29) is 10.6 Å². The molecule has 0 spiro atoms. The molecule has 154 valence electrons. The van der Waals surface area contributed by atoms with Crippen molar-refractivity contribution in [2.75, 3.05) is 6.54 Å². The van der Waals surface area contributed by atoms with Gasteiger partial charge in [-0.1, -0.05) is 82.9 Å². The van der Waals surface area contributed by atoms with Gasteiger partial charge < -0.3 is 5.32 Å². The van der Waals surface area contributed by atoms with E-state index in [1.165, 1.54) is 51.0 Å². The molecule has 0 fully saturated rings. The molecule has 1 aliphatic heterocycles. The molecule has 2 rings (SSSR count). The topological polar surface area (TPSA) is 86.7 Å². The lowest BCUT2D eigenvalue weighted by molar-refractivity contribution is -0.158. The third-order valence-corrected chi connectivity index (χ3v) is 5.24. The number of carbonyl (C=O) groups is 3. The Balaban J connectivity index is 1.70. The number of hydrogen-bond donors (Lipinski definition) is 2. The molecule has 0 aromatic heterocycles. The minimum atomic E-state index is -1.18. The number of fused-ring (bicyclic) bond motifs is 1. The fraction of sp³-hybridized carbons (Fsp3) is 0.591. The molecule has 1 aromatic carbocycles. The third kappa shape index (κ3) is 5.89. The molecule has 3 amide bonds. The van der Waals surface area contributed by atoms with Gasteiger partial charge in [0.1, 0.15) is 5.92 Å². The predicted octanol–water partition coefficient (Wildman–Crippen LogP) is 4.18. The lowest BCUT2D eigenvalue weighted by Crippen LogP contribution is -2.47. The summed E-state index contributed by atoms with van der Waals surface area (Å²) in [5.74, 6) is -3.34. The standard InChI is InChI=1S/C22H32N2O4/c1-2-3-4-5-6-7-8-9-10-13-16-23-20(25)19-17-14-11-12-15-18(17)21(26)24(28)22(19)27/h11-12,14-15,19,28H,2-10,13,16H2,1H3,(H,23,25). The third-order valence-electron chi connectivity index (χ3n) is 5.24. The predicted molar refractivity (Wildman–Crippen MR) is 107 cm³/mol. The minimum Gasteiger partial charge on any atom is -0.355 e. The van der Waals surface area contributed by atoms with E-state index in [9.17, 15) is 19.6 Å². The lowest BCUT2D eigenvalue weighted by atomic mass is 9.88. The van der Waals surface area contributed by atoms with Gasteiger partial charge in [0, 0.05) is 12.1 Å². The van der Waals surface area contributed by atoms with Crippen molar-refractivity contribution in [3.63, 3.8) is 0 Å². The molecule has 0 radical (unpaired) electrons. The smallest absolute Gasteiger partial charge is 0.284 e. The highest BCUT2D eigenvalue weighted by Gasteiger charge is 2.42. The van der Waals surface area contributed by atoms with E-state index in [0.717, 1.165) is 19.3 Å². The van der Waals surface area contributed by atoms with Gasteiger partial charge in [0.05, 0.1) is 0 Å². The van der Waals surface area contributed by atoms with Crippen LogP contribution in [-0.4, -0.2) is 34.5 Å². The van der Waals surface area contributed by atoms with Crippen LogP contribution in [0.2, 0.25) is 0 Å². The molecule has 0 aliphatic carbocycles. The van der Waals surface area contributed by atoms with Gasteiger partial charge in [0.15, 0.2) is 0 Å². The molecular weight excluding hydrogens is 356 g/mol. The second kappa shape index (κ2) is 11.6. The number of benzene rings is 1. The first-order valence-electron chi connectivity index (χ1n) is 10.5. The van der Waals surface area contributed by atoms with E-state index in [1.54, 1.807) is 18.2 Å². The van der Waals surface area contributed by atoms with Crippen LogP contribution >= 0.6 is 0 Å². The Morgan fingerprint density at radius 2 is 1.54 bits per heavy atom. The second-order valence-electron chi connectivity index (χ2n) is 7.45. The Kier molecular flexibility index (Phi) is 9.14. The van der Waals surface area contributed by atoms with E-state index < -0.39 is 23.6 Å².